The lowest BCUT2D eigenvalue weighted by Gasteiger charge is -2.31. The number of nitrogens with zero attached hydrogens (tertiary/aromatic N) is 1. The quantitative estimate of drug-likeness (QED) is 0.193. The van der Waals surface area contributed by atoms with Crippen LogP contribution in [0.2, 0.25) is 5.02 Å². The summed E-state index contributed by atoms with van der Waals surface area (Å²) in [6.07, 6.45) is 2.34. The highest BCUT2D eigenvalue weighted by Crippen LogP contribution is 2.23. The number of thioether (sulfide) groups is 1. The Balaban J connectivity index is 1.86. The predicted molar refractivity (Wildman–Crippen MR) is 149 cm³/mol. The maximum atomic E-state index is 13.6. The molecule has 0 radical (unpaired) electrons. The third kappa shape index (κ3) is 9.02. The zero-order chi connectivity index (χ0) is 25.0. The number of unbranched alkanes of at least 4 members (excludes halogenated alkanes) is 1. The van der Waals surface area contributed by atoms with Crippen molar-refractivity contribution in [3.05, 3.63) is 99.5 Å². The van der Waals surface area contributed by atoms with Crippen LogP contribution in [0.4, 0.5) is 0 Å². The summed E-state index contributed by atoms with van der Waals surface area (Å²) in [6.45, 7) is 3.04. The van der Waals surface area contributed by atoms with Gasteiger partial charge in [-0.15, -0.1) is 11.8 Å². The van der Waals surface area contributed by atoms with Crippen LogP contribution in [-0.4, -0.2) is 35.1 Å². The Labute approximate surface area is 225 Å². The third-order valence-corrected chi connectivity index (χ3v) is 7.32. The van der Waals surface area contributed by atoms with Gasteiger partial charge in [-0.25, -0.2) is 0 Å². The van der Waals surface area contributed by atoms with E-state index in [9.17, 15) is 9.59 Å². The summed E-state index contributed by atoms with van der Waals surface area (Å²) in [4.78, 5) is 29.7. The van der Waals surface area contributed by atoms with E-state index in [-0.39, 0.29) is 17.6 Å². The maximum Gasteiger partial charge on any atom is 0.243 e. The molecular formula is C28H30BrClN2O2S. The molecule has 0 heterocycles. The first kappa shape index (κ1) is 27.3. The van der Waals surface area contributed by atoms with Crippen molar-refractivity contribution < 1.29 is 9.59 Å². The summed E-state index contributed by atoms with van der Waals surface area (Å²) >= 11 is 10.9. The van der Waals surface area contributed by atoms with Crippen LogP contribution in [0.5, 0.6) is 0 Å². The second kappa shape index (κ2) is 14.3. The number of carbonyl (C=O) groups excluding carboxylic acids is 2. The number of hydrogen-bond donors (Lipinski definition) is 1. The zero-order valence-electron chi connectivity index (χ0n) is 19.8. The first-order valence-corrected chi connectivity index (χ1v) is 13.9. The molecule has 0 unspecified atom stereocenters. The average molecular weight is 574 g/mol. The first-order valence-electron chi connectivity index (χ1n) is 11.7. The molecule has 3 rings (SSSR count). The largest absolute Gasteiger partial charge is 0.354 e. The van der Waals surface area contributed by atoms with Crippen LogP contribution in [0.15, 0.2) is 88.2 Å². The predicted octanol–water partition coefficient (Wildman–Crippen LogP) is 6.75. The van der Waals surface area contributed by atoms with E-state index in [1.807, 2.05) is 78.9 Å². The first-order chi connectivity index (χ1) is 17.0. The summed E-state index contributed by atoms with van der Waals surface area (Å²) in [5, 5.41) is 3.71. The fraction of sp³-hybridized carbons (Fsp3) is 0.286. The number of benzene rings is 3. The molecule has 0 spiro atoms. The molecule has 184 valence electrons. The van der Waals surface area contributed by atoms with Crippen molar-refractivity contribution in [3.8, 4) is 0 Å². The number of carbonyl (C=O) groups is 2. The molecule has 0 fully saturated rings. The minimum Gasteiger partial charge on any atom is -0.354 e. The summed E-state index contributed by atoms with van der Waals surface area (Å²) in [7, 11) is 0. The Morgan fingerprint density at radius 3 is 2.31 bits per heavy atom. The van der Waals surface area contributed by atoms with E-state index < -0.39 is 6.04 Å². The Hall–Kier alpha value is -2.28. The normalized spacial score (nSPS) is 11.6. The lowest BCUT2D eigenvalue weighted by atomic mass is 10.0. The van der Waals surface area contributed by atoms with Gasteiger partial charge >= 0.3 is 0 Å². The monoisotopic (exact) mass is 572 g/mol. The number of nitrogens with one attached hydrogen (secondary N) is 1. The van der Waals surface area contributed by atoms with Gasteiger partial charge in [-0.3, -0.25) is 9.59 Å². The number of amides is 2. The topological polar surface area (TPSA) is 49.4 Å². The van der Waals surface area contributed by atoms with Gasteiger partial charge in [-0.1, -0.05) is 83.3 Å². The van der Waals surface area contributed by atoms with Crippen LogP contribution in [0.3, 0.4) is 0 Å². The van der Waals surface area contributed by atoms with Crippen LogP contribution in [0, 0.1) is 0 Å². The van der Waals surface area contributed by atoms with Gasteiger partial charge < -0.3 is 10.2 Å². The minimum absolute atomic E-state index is 0.0839. The summed E-state index contributed by atoms with van der Waals surface area (Å²) in [6, 6.07) is 24.5. The molecule has 4 nitrogen and oxygen atoms in total. The van der Waals surface area contributed by atoms with E-state index >= 15 is 0 Å². The van der Waals surface area contributed by atoms with Crippen molar-refractivity contribution in [2.24, 2.45) is 0 Å². The molecule has 0 saturated heterocycles. The van der Waals surface area contributed by atoms with Crippen molar-refractivity contribution in [3.63, 3.8) is 0 Å². The van der Waals surface area contributed by atoms with Gasteiger partial charge in [0.2, 0.25) is 11.8 Å². The number of hydrogen-bond acceptors (Lipinski definition) is 3. The van der Waals surface area contributed by atoms with Crippen LogP contribution in [-0.2, 0) is 22.6 Å². The molecule has 0 aliphatic carbocycles. The van der Waals surface area contributed by atoms with E-state index in [0.717, 1.165) is 33.3 Å². The van der Waals surface area contributed by atoms with Crippen molar-refractivity contribution in [2.45, 2.75) is 43.7 Å². The molecule has 7 heteroatoms. The number of rotatable bonds is 12. The molecule has 0 bridgehead atoms. The Morgan fingerprint density at radius 1 is 0.971 bits per heavy atom. The number of halogens is 2. The summed E-state index contributed by atoms with van der Waals surface area (Å²) < 4.78 is 0.968. The lowest BCUT2D eigenvalue weighted by Crippen LogP contribution is -2.51. The van der Waals surface area contributed by atoms with Gasteiger partial charge in [0, 0.05) is 33.9 Å². The standard InChI is InChI=1S/C28H30BrClN2O2S/c1-2-3-17-31-28(34)26(18-21-7-5-4-6-8-21)32(19-22-9-11-23(29)12-10-22)27(33)20-35-25-15-13-24(30)14-16-25/h4-16,26H,2-3,17-20H2,1H3,(H,31,34)/t26-/m1/s1. The van der Waals surface area contributed by atoms with E-state index in [1.165, 1.54) is 11.8 Å². The van der Waals surface area contributed by atoms with Gasteiger partial charge in [-0.05, 0) is 53.9 Å². The highest BCUT2D eigenvalue weighted by atomic mass is 79.9. The highest BCUT2D eigenvalue weighted by Gasteiger charge is 2.30. The third-order valence-electron chi connectivity index (χ3n) is 5.54. The summed E-state index contributed by atoms with van der Waals surface area (Å²) in [5.41, 5.74) is 1.99. The molecule has 0 aromatic heterocycles. The van der Waals surface area contributed by atoms with Crippen molar-refractivity contribution in [2.75, 3.05) is 12.3 Å². The maximum absolute atomic E-state index is 13.6. The molecule has 0 aliphatic rings. The second-order valence-electron chi connectivity index (χ2n) is 8.24. The Kier molecular flexibility index (Phi) is 11.2. The average Bonchev–Trinajstić information content (AvgIpc) is 2.87. The highest BCUT2D eigenvalue weighted by molar-refractivity contribution is 9.10. The Bertz CT molecular complexity index is 1080. The van der Waals surface area contributed by atoms with Gasteiger partial charge in [0.25, 0.3) is 0 Å². The summed E-state index contributed by atoms with van der Waals surface area (Å²) in [5.74, 6) is 0.0230. The molecule has 3 aromatic carbocycles. The van der Waals surface area contributed by atoms with Gasteiger partial charge in [0.15, 0.2) is 0 Å². The molecule has 1 N–H and O–H groups in total. The smallest absolute Gasteiger partial charge is 0.243 e. The molecule has 3 aromatic rings. The fourth-order valence-electron chi connectivity index (χ4n) is 3.61. The second-order valence-corrected chi connectivity index (χ2v) is 10.6. The van der Waals surface area contributed by atoms with Crippen molar-refractivity contribution in [1.82, 2.24) is 10.2 Å². The van der Waals surface area contributed by atoms with E-state index in [1.54, 1.807) is 4.90 Å². The van der Waals surface area contributed by atoms with Crippen LogP contribution >= 0.6 is 39.3 Å². The van der Waals surface area contributed by atoms with Crippen molar-refractivity contribution in [1.29, 1.82) is 0 Å². The van der Waals surface area contributed by atoms with Crippen LogP contribution in [0.1, 0.15) is 30.9 Å². The zero-order valence-corrected chi connectivity index (χ0v) is 22.9. The lowest BCUT2D eigenvalue weighted by molar-refractivity contribution is -0.139. The molecular weight excluding hydrogens is 544 g/mol. The molecule has 1 atom stereocenters. The van der Waals surface area contributed by atoms with Gasteiger partial charge in [0.05, 0.1) is 5.75 Å². The van der Waals surface area contributed by atoms with Crippen LogP contribution in [0.25, 0.3) is 0 Å². The van der Waals surface area contributed by atoms with E-state index in [0.29, 0.717) is 24.5 Å². The fourth-order valence-corrected chi connectivity index (χ4v) is 4.78. The van der Waals surface area contributed by atoms with E-state index in [4.69, 9.17) is 11.6 Å². The molecule has 0 aliphatic heterocycles. The molecule has 0 saturated carbocycles. The van der Waals surface area contributed by atoms with Crippen molar-refractivity contribution >= 4 is 51.1 Å². The molecule has 2 amide bonds. The van der Waals surface area contributed by atoms with Gasteiger partial charge in [-0.2, -0.15) is 0 Å². The van der Waals surface area contributed by atoms with Crippen LogP contribution < -0.4 is 5.32 Å². The Morgan fingerprint density at radius 2 is 1.66 bits per heavy atom. The SMILES string of the molecule is CCCCNC(=O)[C@@H](Cc1ccccc1)N(Cc1ccc(Br)cc1)C(=O)CSc1ccc(Cl)cc1. The molecule has 35 heavy (non-hydrogen) atoms. The minimum atomic E-state index is -0.615. The van der Waals surface area contributed by atoms with Gasteiger partial charge in [0.1, 0.15) is 6.04 Å². The van der Waals surface area contributed by atoms with E-state index in [2.05, 4.69) is 28.2 Å².